The monoisotopic (exact) mass is 182 g/mol. The molecule has 1 fully saturated rings. The Morgan fingerprint density at radius 3 is 2.85 bits per heavy atom. The quantitative estimate of drug-likeness (QED) is 0.644. The van der Waals surface area contributed by atoms with E-state index in [0.717, 1.165) is 13.1 Å². The van der Waals surface area contributed by atoms with Crippen LogP contribution in [0.5, 0.6) is 0 Å². The first-order valence-electron chi connectivity index (χ1n) is 4.73. The molecule has 3 heteroatoms. The van der Waals surface area contributed by atoms with Gasteiger partial charge in [0.05, 0.1) is 5.92 Å². The molecule has 0 unspecified atom stereocenters. The van der Waals surface area contributed by atoms with Crippen molar-refractivity contribution >= 4 is 5.91 Å². The van der Waals surface area contributed by atoms with Gasteiger partial charge in [-0.3, -0.25) is 4.79 Å². The summed E-state index contributed by atoms with van der Waals surface area (Å²) in [5.41, 5.74) is 0. The van der Waals surface area contributed by atoms with E-state index < -0.39 is 0 Å². The molecule has 0 aromatic rings. The lowest BCUT2D eigenvalue weighted by molar-refractivity contribution is -0.134. The highest BCUT2D eigenvalue weighted by molar-refractivity contribution is 5.79. The summed E-state index contributed by atoms with van der Waals surface area (Å²) >= 11 is 0. The zero-order valence-electron chi connectivity index (χ0n) is 8.42. The van der Waals surface area contributed by atoms with Crippen LogP contribution in [0.3, 0.4) is 0 Å². The third-order valence-electron chi connectivity index (χ3n) is 2.61. The summed E-state index contributed by atoms with van der Waals surface area (Å²) in [7, 11) is 1.83. The van der Waals surface area contributed by atoms with Gasteiger partial charge in [-0.1, -0.05) is 13.0 Å². The number of nitrogens with zero attached hydrogens (tertiary/aromatic N) is 1. The van der Waals surface area contributed by atoms with Crippen molar-refractivity contribution in [2.45, 2.75) is 6.92 Å². The molecule has 0 spiro atoms. The Bertz CT molecular complexity index is 203. The van der Waals surface area contributed by atoms with Crippen LogP contribution in [0.4, 0.5) is 0 Å². The highest BCUT2D eigenvalue weighted by Gasteiger charge is 2.30. The molecule has 0 bridgehead atoms. The minimum atomic E-state index is 0.157. The molecular formula is C10H18N2O. The molecule has 2 atom stereocenters. The molecule has 1 amide bonds. The van der Waals surface area contributed by atoms with Crippen LogP contribution >= 0.6 is 0 Å². The molecule has 1 N–H and O–H groups in total. The van der Waals surface area contributed by atoms with E-state index in [1.54, 1.807) is 11.0 Å². The van der Waals surface area contributed by atoms with Crippen LogP contribution in [-0.4, -0.2) is 37.5 Å². The molecule has 0 aliphatic carbocycles. The average Bonchev–Trinajstić information content (AvgIpc) is 2.50. The highest BCUT2D eigenvalue weighted by atomic mass is 16.2. The van der Waals surface area contributed by atoms with Crippen LogP contribution in [0.25, 0.3) is 0 Å². The first-order valence-corrected chi connectivity index (χ1v) is 4.73. The van der Waals surface area contributed by atoms with Crippen molar-refractivity contribution in [3.05, 3.63) is 12.7 Å². The molecule has 1 heterocycles. The van der Waals surface area contributed by atoms with Gasteiger partial charge in [-0.05, 0) is 12.5 Å². The number of carbonyl (C=O) groups excluding carboxylic acids is 1. The summed E-state index contributed by atoms with van der Waals surface area (Å²) in [5.74, 6) is 0.849. The molecule has 0 radical (unpaired) electrons. The van der Waals surface area contributed by atoms with Gasteiger partial charge in [0, 0.05) is 20.1 Å². The van der Waals surface area contributed by atoms with Gasteiger partial charge < -0.3 is 10.2 Å². The molecule has 1 saturated heterocycles. The summed E-state index contributed by atoms with van der Waals surface area (Å²) in [6, 6.07) is 0. The number of hydrogen-bond acceptors (Lipinski definition) is 2. The Kier molecular flexibility index (Phi) is 3.48. The second-order valence-corrected chi connectivity index (χ2v) is 3.75. The SMILES string of the molecule is C=CCN(C)C(=O)[C@@H]1CNC[C@H]1C. The van der Waals surface area contributed by atoms with Crippen molar-refractivity contribution in [1.29, 1.82) is 0 Å². The average molecular weight is 182 g/mol. The summed E-state index contributed by atoms with van der Waals surface area (Å²) < 4.78 is 0. The van der Waals surface area contributed by atoms with Crippen molar-refractivity contribution < 1.29 is 4.79 Å². The Labute approximate surface area is 79.8 Å². The van der Waals surface area contributed by atoms with Gasteiger partial charge >= 0.3 is 0 Å². The zero-order chi connectivity index (χ0) is 9.84. The van der Waals surface area contributed by atoms with Crippen LogP contribution in [0.2, 0.25) is 0 Å². The molecule has 0 saturated carbocycles. The van der Waals surface area contributed by atoms with E-state index >= 15 is 0 Å². The summed E-state index contributed by atoms with van der Waals surface area (Å²) in [4.78, 5) is 13.5. The van der Waals surface area contributed by atoms with Crippen LogP contribution in [-0.2, 0) is 4.79 Å². The fourth-order valence-electron chi connectivity index (χ4n) is 1.71. The van der Waals surface area contributed by atoms with Crippen molar-refractivity contribution in [3.8, 4) is 0 Å². The lowest BCUT2D eigenvalue weighted by atomic mass is 9.97. The van der Waals surface area contributed by atoms with Gasteiger partial charge in [-0.15, -0.1) is 6.58 Å². The molecule has 1 rings (SSSR count). The Balaban J connectivity index is 2.50. The van der Waals surface area contributed by atoms with E-state index in [4.69, 9.17) is 0 Å². The predicted molar refractivity (Wildman–Crippen MR) is 53.4 cm³/mol. The maximum atomic E-state index is 11.8. The maximum absolute atomic E-state index is 11.8. The van der Waals surface area contributed by atoms with Crippen LogP contribution in [0, 0.1) is 11.8 Å². The van der Waals surface area contributed by atoms with Crippen molar-refractivity contribution in [3.63, 3.8) is 0 Å². The highest BCUT2D eigenvalue weighted by Crippen LogP contribution is 2.17. The van der Waals surface area contributed by atoms with Gasteiger partial charge in [0.1, 0.15) is 0 Å². The number of carbonyl (C=O) groups is 1. The second-order valence-electron chi connectivity index (χ2n) is 3.75. The summed E-state index contributed by atoms with van der Waals surface area (Å²) in [6.45, 7) is 8.15. The summed E-state index contributed by atoms with van der Waals surface area (Å²) in [6.07, 6.45) is 1.75. The number of nitrogens with one attached hydrogen (secondary N) is 1. The molecule has 1 aliphatic heterocycles. The predicted octanol–water partition coefficient (Wildman–Crippen LogP) is 0.486. The van der Waals surface area contributed by atoms with Crippen LogP contribution < -0.4 is 5.32 Å². The number of likely N-dealkylation sites (N-methyl/N-ethyl adjacent to an activating group) is 1. The Morgan fingerprint density at radius 1 is 1.69 bits per heavy atom. The second kappa shape index (κ2) is 4.42. The first-order chi connectivity index (χ1) is 6.16. The smallest absolute Gasteiger partial charge is 0.227 e. The Morgan fingerprint density at radius 2 is 2.38 bits per heavy atom. The topological polar surface area (TPSA) is 32.3 Å². The molecule has 3 nitrogen and oxygen atoms in total. The van der Waals surface area contributed by atoms with E-state index in [-0.39, 0.29) is 11.8 Å². The summed E-state index contributed by atoms with van der Waals surface area (Å²) in [5, 5.41) is 3.23. The fourth-order valence-corrected chi connectivity index (χ4v) is 1.71. The van der Waals surface area contributed by atoms with Crippen LogP contribution in [0.15, 0.2) is 12.7 Å². The van der Waals surface area contributed by atoms with E-state index in [1.165, 1.54) is 0 Å². The van der Waals surface area contributed by atoms with E-state index in [0.29, 0.717) is 12.5 Å². The van der Waals surface area contributed by atoms with Crippen LogP contribution in [0.1, 0.15) is 6.92 Å². The van der Waals surface area contributed by atoms with E-state index in [9.17, 15) is 4.79 Å². The molecule has 13 heavy (non-hydrogen) atoms. The largest absolute Gasteiger partial charge is 0.342 e. The number of rotatable bonds is 3. The molecular weight excluding hydrogens is 164 g/mol. The van der Waals surface area contributed by atoms with Gasteiger partial charge in [0.25, 0.3) is 0 Å². The minimum absolute atomic E-state index is 0.157. The fraction of sp³-hybridized carbons (Fsp3) is 0.700. The molecule has 1 aliphatic rings. The normalized spacial score (nSPS) is 27.2. The van der Waals surface area contributed by atoms with Crippen molar-refractivity contribution in [2.75, 3.05) is 26.7 Å². The lowest BCUT2D eigenvalue weighted by Crippen LogP contribution is -2.36. The molecule has 74 valence electrons. The number of hydrogen-bond donors (Lipinski definition) is 1. The van der Waals surface area contributed by atoms with Crippen molar-refractivity contribution in [2.24, 2.45) is 11.8 Å². The Hall–Kier alpha value is -0.830. The first kappa shape index (κ1) is 10.3. The third kappa shape index (κ3) is 2.31. The van der Waals surface area contributed by atoms with Crippen molar-refractivity contribution in [1.82, 2.24) is 10.2 Å². The zero-order valence-corrected chi connectivity index (χ0v) is 8.42. The van der Waals surface area contributed by atoms with Gasteiger partial charge in [-0.25, -0.2) is 0 Å². The molecule has 0 aromatic heterocycles. The molecule has 0 aromatic carbocycles. The van der Waals surface area contributed by atoms with E-state index in [2.05, 4.69) is 18.8 Å². The van der Waals surface area contributed by atoms with Gasteiger partial charge in [0.2, 0.25) is 5.91 Å². The van der Waals surface area contributed by atoms with E-state index in [1.807, 2.05) is 7.05 Å². The maximum Gasteiger partial charge on any atom is 0.227 e. The lowest BCUT2D eigenvalue weighted by Gasteiger charge is -2.21. The number of amides is 1. The van der Waals surface area contributed by atoms with Gasteiger partial charge in [0.15, 0.2) is 0 Å². The standard InChI is InChI=1S/C10H18N2O/c1-4-5-12(3)10(13)9-7-11-6-8(9)2/h4,8-9,11H,1,5-7H2,2-3H3/t8-,9-/m1/s1. The third-order valence-corrected chi connectivity index (χ3v) is 2.61. The minimum Gasteiger partial charge on any atom is -0.342 e. The van der Waals surface area contributed by atoms with Gasteiger partial charge in [-0.2, -0.15) is 0 Å².